The average Bonchev–Trinajstić information content (AvgIpc) is 2.26. The predicted molar refractivity (Wildman–Crippen MR) is 71.6 cm³/mol. The molecule has 2 rings (SSSR count). The van der Waals surface area contributed by atoms with E-state index in [2.05, 4.69) is 15.0 Å². The number of carboxylic acid groups (broad SMARTS) is 1. The first-order chi connectivity index (χ1) is 8.94. The van der Waals surface area contributed by atoms with E-state index in [4.69, 9.17) is 5.11 Å². The lowest BCUT2D eigenvalue weighted by molar-refractivity contribution is 0.0696. The number of aromatic carboxylic acids is 1. The average molecular weight is 275 g/mol. The van der Waals surface area contributed by atoms with Gasteiger partial charge in [0.05, 0.1) is 5.56 Å². The van der Waals surface area contributed by atoms with E-state index < -0.39 is 5.97 Å². The summed E-state index contributed by atoms with van der Waals surface area (Å²) in [6.45, 7) is 5.55. The van der Waals surface area contributed by atoms with Crippen molar-refractivity contribution < 1.29 is 9.90 Å². The van der Waals surface area contributed by atoms with E-state index in [1.54, 1.807) is 6.92 Å². The second-order valence-corrected chi connectivity index (χ2v) is 5.16. The maximum absolute atomic E-state index is 11.0. The molecule has 1 N–H and O–H groups in total. The summed E-state index contributed by atoms with van der Waals surface area (Å²) in [6.07, 6.45) is 0. The molecule has 98 valence electrons. The molecule has 0 aliphatic carbocycles. The first-order valence-corrected chi connectivity index (χ1v) is 6.48. The Hall–Kier alpha value is -1.95. The molecule has 5 nitrogen and oxygen atoms in total. The van der Waals surface area contributed by atoms with Gasteiger partial charge >= 0.3 is 5.97 Å². The summed E-state index contributed by atoms with van der Waals surface area (Å²) in [5, 5.41) is 10.2. The van der Waals surface area contributed by atoms with Crippen LogP contribution in [0.3, 0.4) is 0 Å². The molecule has 0 saturated heterocycles. The van der Waals surface area contributed by atoms with Gasteiger partial charge in [-0.15, -0.1) is 0 Å². The molecule has 0 amide bonds. The van der Waals surface area contributed by atoms with Gasteiger partial charge in [-0.1, -0.05) is 0 Å². The fourth-order valence-electron chi connectivity index (χ4n) is 1.65. The number of hydrogen-bond acceptors (Lipinski definition) is 5. The van der Waals surface area contributed by atoms with Gasteiger partial charge in [0.1, 0.15) is 5.03 Å². The van der Waals surface area contributed by atoms with E-state index >= 15 is 0 Å². The van der Waals surface area contributed by atoms with Crippen LogP contribution in [-0.4, -0.2) is 26.0 Å². The third-order valence-corrected chi connectivity index (χ3v) is 3.12. The lowest BCUT2D eigenvalue weighted by Gasteiger charge is -2.04. The van der Waals surface area contributed by atoms with E-state index in [9.17, 15) is 4.79 Å². The molecule has 6 heteroatoms. The minimum Gasteiger partial charge on any atom is -0.478 e. The largest absolute Gasteiger partial charge is 0.478 e. The van der Waals surface area contributed by atoms with Gasteiger partial charge in [0, 0.05) is 17.1 Å². The van der Waals surface area contributed by atoms with Crippen molar-refractivity contribution in [1.82, 2.24) is 15.0 Å². The number of pyridine rings is 1. The van der Waals surface area contributed by atoms with Gasteiger partial charge in [0.2, 0.25) is 0 Å². The minimum atomic E-state index is -0.964. The molecule has 2 aromatic heterocycles. The molecule has 0 aromatic carbocycles. The zero-order chi connectivity index (χ0) is 14.0. The molecule has 0 bridgehead atoms. The maximum atomic E-state index is 11.0. The van der Waals surface area contributed by atoms with Gasteiger partial charge in [-0.05, 0) is 50.7 Å². The van der Waals surface area contributed by atoms with Crippen LogP contribution in [0.5, 0.6) is 0 Å². The Morgan fingerprint density at radius 1 is 1.00 bits per heavy atom. The zero-order valence-corrected chi connectivity index (χ0v) is 11.7. The summed E-state index contributed by atoms with van der Waals surface area (Å²) in [7, 11) is 0. The smallest absolute Gasteiger partial charge is 0.335 e. The van der Waals surface area contributed by atoms with E-state index in [1.165, 1.54) is 23.9 Å². The highest BCUT2D eigenvalue weighted by Crippen LogP contribution is 2.24. The van der Waals surface area contributed by atoms with E-state index in [-0.39, 0.29) is 5.56 Å². The van der Waals surface area contributed by atoms with Gasteiger partial charge in [-0.2, -0.15) is 0 Å². The highest BCUT2D eigenvalue weighted by molar-refractivity contribution is 7.99. The van der Waals surface area contributed by atoms with Crippen molar-refractivity contribution in [2.75, 3.05) is 0 Å². The second kappa shape index (κ2) is 5.36. The SMILES string of the molecule is Cc1cc(C(=O)O)cc(Sc2nc(C)cc(C)n2)n1. The quantitative estimate of drug-likeness (QED) is 0.868. The number of aryl methyl sites for hydroxylation is 3. The molecule has 0 spiro atoms. The van der Waals surface area contributed by atoms with Gasteiger partial charge in [-0.25, -0.2) is 19.7 Å². The predicted octanol–water partition coefficient (Wildman–Crippen LogP) is 2.65. The number of nitrogens with zero attached hydrogens (tertiary/aromatic N) is 3. The first-order valence-electron chi connectivity index (χ1n) is 5.66. The molecule has 19 heavy (non-hydrogen) atoms. The molecular weight excluding hydrogens is 262 g/mol. The molecule has 0 fully saturated rings. The Morgan fingerprint density at radius 3 is 2.16 bits per heavy atom. The normalized spacial score (nSPS) is 10.5. The number of carboxylic acids is 1. The van der Waals surface area contributed by atoms with Gasteiger partial charge < -0.3 is 5.11 Å². The molecule has 2 aromatic rings. The van der Waals surface area contributed by atoms with Crippen LogP contribution in [0.2, 0.25) is 0 Å². The Bertz CT molecular complexity index is 624. The molecule has 0 unspecified atom stereocenters. The number of rotatable bonds is 3. The maximum Gasteiger partial charge on any atom is 0.335 e. The van der Waals surface area contributed by atoms with Crippen LogP contribution in [-0.2, 0) is 0 Å². The zero-order valence-electron chi connectivity index (χ0n) is 10.8. The Balaban J connectivity index is 2.35. The Morgan fingerprint density at radius 2 is 1.58 bits per heavy atom. The molecule has 0 saturated carbocycles. The lowest BCUT2D eigenvalue weighted by atomic mass is 10.2. The van der Waals surface area contributed by atoms with Crippen molar-refractivity contribution in [1.29, 1.82) is 0 Å². The van der Waals surface area contributed by atoms with Crippen LogP contribution in [0.1, 0.15) is 27.4 Å². The van der Waals surface area contributed by atoms with Crippen molar-refractivity contribution >= 4 is 17.7 Å². The van der Waals surface area contributed by atoms with Crippen molar-refractivity contribution in [3.63, 3.8) is 0 Å². The van der Waals surface area contributed by atoms with E-state index in [0.717, 1.165) is 11.4 Å². The number of carbonyl (C=O) groups is 1. The third kappa shape index (κ3) is 3.51. The Kier molecular flexibility index (Phi) is 3.80. The van der Waals surface area contributed by atoms with Crippen LogP contribution in [0.15, 0.2) is 28.4 Å². The number of hydrogen-bond donors (Lipinski definition) is 1. The molecule has 2 heterocycles. The van der Waals surface area contributed by atoms with E-state index in [0.29, 0.717) is 15.9 Å². The monoisotopic (exact) mass is 275 g/mol. The lowest BCUT2D eigenvalue weighted by Crippen LogP contribution is -2.00. The molecular formula is C13H13N3O2S. The highest BCUT2D eigenvalue weighted by Gasteiger charge is 2.09. The number of aromatic nitrogens is 3. The molecule has 0 aliphatic rings. The fourth-order valence-corrected chi connectivity index (χ4v) is 2.59. The van der Waals surface area contributed by atoms with E-state index in [1.807, 2.05) is 19.9 Å². The van der Waals surface area contributed by atoms with Gasteiger partial charge in [0.25, 0.3) is 0 Å². The van der Waals surface area contributed by atoms with Crippen molar-refractivity contribution in [2.45, 2.75) is 31.0 Å². The highest BCUT2D eigenvalue weighted by atomic mass is 32.2. The summed E-state index contributed by atoms with van der Waals surface area (Å²) in [6, 6.07) is 4.95. The van der Waals surface area contributed by atoms with Crippen LogP contribution in [0.25, 0.3) is 0 Å². The molecule has 0 aliphatic heterocycles. The van der Waals surface area contributed by atoms with Crippen LogP contribution in [0, 0.1) is 20.8 Å². The van der Waals surface area contributed by atoms with Crippen LogP contribution < -0.4 is 0 Å². The van der Waals surface area contributed by atoms with Crippen molar-refractivity contribution in [3.05, 3.63) is 40.8 Å². The minimum absolute atomic E-state index is 0.222. The van der Waals surface area contributed by atoms with Gasteiger partial charge in [-0.3, -0.25) is 0 Å². The summed E-state index contributed by atoms with van der Waals surface area (Å²) in [4.78, 5) is 23.9. The third-order valence-electron chi connectivity index (χ3n) is 2.33. The standard InChI is InChI=1S/C13H13N3O2S/c1-7-4-8(2)16-13(15-7)19-11-6-10(12(17)18)5-9(3)14-11/h4-6H,1-3H3,(H,17,18). The van der Waals surface area contributed by atoms with Crippen molar-refractivity contribution in [3.8, 4) is 0 Å². The molecule has 0 atom stereocenters. The first kappa shape index (κ1) is 13.5. The fraction of sp³-hybridized carbons (Fsp3) is 0.231. The summed E-state index contributed by atoms with van der Waals surface area (Å²) >= 11 is 1.26. The van der Waals surface area contributed by atoms with Crippen LogP contribution >= 0.6 is 11.8 Å². The molecule has 0 radical (unpaired) electrons. The van der Waals surface area contributed by atoms with Gasteiger partial charge in [0.15, 0.2) is 5.16 Å². The van der Waals surface area contributed by atoms with Crippen LogP contribution in [0.4, 0.5) is 0 Å². The Labute approximate surface area is 115 Å². The summed E-state index contributed by atoms with van der Waals surface area (Å²) in [5.74, 6) is -0.964. The summed E-state index contributed by atoms with van der Waals surface area (Å²) in [5.41, 5.74) is 2.63. The summed E-state index contributed by atoms with van der Waals surface area (Å²) < 4.78 is 0. The topological polar surface area (TPSA) is 76.0 Å². The van der Waals surface area contributed by atoms with Crippen molar-refractivity contribution in [2.24, 2.45) is 0 Å². The second-order valence-electron chi connectivity index (χ2n) is 4.18.